The van der Waals surface area contributed by atoms with Crippen LogP contribution in [0.3, 0.4) is 0 Å². The molecule has 0 heterocycles. The minimum Gasteiger partial charge on any atom is -0.497 e. The Morgan fingerprint density at radius 3 is 2.50 bits per heavy atom. The summed E-state index contributed by atoms with van der Waals surface area (Å²) in [6.07, 6.45) is -1.04. The SMILES string of the molecule is COc1ccc(NC(=O)C(C)OC(=O)COc2ccc(Br)cc2F)cc1. The molecule has 2 aromatic carbocycles. The Morgan fingerprint density at radius 1 is 1.19 bits per heavy atom. The molecule has 0 aromatic heterocycles. The quantitative estimate of drug-likeness (QED) is 0.686. The highest BCUT2D eigenvalue weighted by Gasteiger charge is 2.19. The lowest BCUT2D eigenvalue weighted by molar-refractivity contribution is -0.155. The van der Waals surface area contributed by atoms with Gasteiger partial charge in [-0.25, -0.2) is 9.18 Å². The summed E-state index contributed by atoms with van der Waals surface area (Å²) >= 11 is 3.12. The number of nitrogens with one attached hydrogen (secondary N) is 1. The summed E-state index contributed by atoms with van der Waals surface area (Å²) in [5.74, 6) is -1.33. The Kier molecular flexibility index (Phi) is 6.97. The molecule has 8 heteroatoms. The van der Waals surface area contributed by atoms with Crippen LogP contribution in [0.1, 0.15) is 6.92 Å². The van der Waals surface area contributed by atoms with Gasteiger partial charge < -0.3 is 19.5 Å². The number of hydrogen-bond donors (Lipinski definition) is 1. The van der Waals surface area contributed by atoms with Crippen LogP contribution in [0.2, 0.25) is 0 Å². The van der Waals surface area contributed by atoms with E-state index >= 15 is 0 Å². The molecule has 0 aliphatic heterocycles. The van der Waals surface area contributed by atoms with E-state index in [0.717, 1.165) is 0 Å². The van der Waals surface area contributed by atoms with Gasteiger partial charge in [-0.1, -0.05) is 15.9 Å². The van der Waals surface area contributed by atoms with E-state index in [1.807, 2.05) is 0 Å². The molecule has 1 N–H and O–H groups in total. The first kappa shape index (κ1) is 19.7. The highest BCUT2D eigenvalue weighted by molar-refractivity contribution is 9.10. The van der Waals surface area contributed by atoms with E-state index in [2.05, 4.69) is 21.2 Å². The number of hydrogen-bond acceptors (Lipinski definition) is 5. The number of rotatable bonds is 7. The van der Waals surface area contributed by atoms with E-state index in [1.54, 1.807) is 30.3 Å². The zero-order chi connectivity index (χ0) is 19.1. The molecule has 0 saturated heterocycles. The second-order valence-corrected chi connectivity index (χ2v) is 6.13. The Balaban J connectivity index is 1.82. The standard InChI is InChI=1S/C18H17BrFNO5/c1-11(18(23)21-13-4-6-14(24-2)7-5-13)26-17(22)10-25-16-8-3-12(19)9-15(16)20/h3-9,11H,10H2,1-2H3,(H,21,23). The average Bonchev–Trinajstić information content (AvgIpc) is 2.61. The van der Waals surface area contributed by atoms with Gasteiger partial charge in [-0.3, -0.25) is 4.79 Å². The second-order valence-electron chi connectivity index (χ2n) is 5.21. The molecule has 138 valence electrons. The maximum absolute atomic E-state index is 13.6. The Hall–Kier alpha value is -2.61. The van der Waals surface area contributed by atoms with Gasteiger partial charge in [0.2, 0.25) is 0 Å². The van der Waals surface area contributed by atoms with Crippen molar-refractivity contribution < 1.29 is 28.2 Å². The van der Waals surface area contributed by atoms with Crippen molar-refractivity contribution in [3.05, 3.63) is 52.8 Å². The van der Waals surface area contributed by atoms with Crippen LogP contribution in [-0.4, -0.2) is 31.7 Å². The number of esters is 1. The van der Waals surface area contributed by atoms with Gasteiger partial charge in [0.05, 0.1) is 7.11 Å². The molecular weight excluding hydrogens is 409 g/mol. The number of benzene rings is 2. The fourth-order valence-electron chi connectivity index (χ4n) is 1.93. The normalized spacial score (nSPS) is 11.4. The lowest BCUT2D eigenvalue weighted by atomic mass is 10.3. The first-order valence-corrected chi connectivity index (χ1v) is 8.40. The molecule has 6 nitrogen and oxygen atoms in total. The molecule has 0 aliphatic carbocycles. The maximum Gasteiger partial charge on any atom is 0.344 e. The third-order valence-corrected chi connectivity index (χ3v) is 3.77. The predicted molar refractivity (Wildman–Crippen MR) is 96.8 cm³/mol. The van der Waals surface area contributed by atoms with E-state index in [4.69, 9.17) is 14.2 Å². The number of amides is 1. The van der Waals surface area contributed by atoms with Crippen LogP contribution in [0.15, 0.2) is 46.9 Å². The first-order valence-electron chi connectivity index (χ1n) is 7.61. The molecule has 0 spiro atoms. The Bertz CT molecular complexity index is 782. The van der Waals surface area contributed by atoms with Gasteiger partial charge in [0.1, 0.15) is 5.75 Å². The third-order valence-electron chi connectivity index (χ3n) is 3.27. The van der Waals surface area contributed by atoms with Crippen LogP contribution in [0.5, 0.6) is 11.5 Å². The summed E-state index contributed by atoms with van der Waals surface area (Å²) in [5, 5.41) is 2.61. The molecule has 0 saturated carbocycles. The number of anilines is 1. The van der Waals surface area contributed by atoms with E-state index < -0.39 is 30.4 Å². The molecule has 1 unspecified atom stereocenters. The van der Waals surface area contributed by atoms with Crippen LogP contribution in [-0.2, 0) is 14.3 Å². The summed E-state index contributed by atoms with van der Waals surface area (Å²) in [7, 11) is 1.54. The van der Waals surface area contributed by atoms with Crippen molar-refractivity contribution in [1.29, 1.82) is 0 Å². The van der Waals surface area contributed by atoms with Crippen molar-refractivity contribution in [3.8, 4) is 11.5 Å². The molecule has 0 radical (unpaired) electrons. The predicted octanol–water partition coefficient (Wildman–Crippen LogP) is 3.55. The van der Waals surface area contributed by atoms with Crippen molar-refractivity contribution in [2.24, 2.45) is 0 Å². The number of carbonyl (C=O) groups is 2. The Labute approximate surface area is 158 Å². The molecule has 26 heavy (non-hydrogen) atoms. The van der Waals surface area contributed by atoms with Gasteiger partial charge in [-0.2, -0.15) is 0 Å². The van der Waals surface area contributed by atoms with Gasteiger partial charge in [0.25, 0.3) is 5.91 Å². The first-order chi connectivity index (χ1) is 12.4. The van der Waals surface area contributed by atoms with E-state index in [1.165, 1.54) is 26.2 Å². The molecule has 0 bridgehead atoms. The third kappa shape index (κ3) is 5.73. The van der Waals surface area contributed by atoms with Crippen LogP contribution in [0.25, 0.3) is 0 Å². The van der Waals surface area contributed by atoms with E-state index in [9.17, 15) is 14.0 Å². The van der Waals surface area contributed by atoms with Gasteiger partial charge in [0, 0.05) is 10.2 Å². The van der Waals surface area contributed by atoms with Crippen molar-refractivity contribution in [3.63, 3.8) is 0 Å². The molecule has 0 aliphatic rings. The molecule has 1 atom stereocenters. The summed E-state index contributed by atoms with van der Waals surface area (Å²) in [6, 6.07) is 10.9. The van der Waals surface area contributed by atoms with Crippen molar-refractivity contribution >= 4 is 33.5 Å². The molecule has 2 rings (SSSR count). The largest absolute Gasteiger partial charge is 0.497 e. The molecule has 0 fully saturated rings. The summed E-state index contributed by atoms with van der Waals surface area (Å²) in [4.78, 5) is 23.8. The number of carbonyl (C=O) groups excluding carboxylic acids is 2. The zero-order valence-electron chi connectivity index (χ0n) is 14.1. The monoisotopic (exact) mass is 425 g/mol. The van der Waals surface area contributed by atoms with Crippen LogP contribution < -0.4 is 14.8 Å². The summed E-state index contributed by atoms with van der Waals surface area (Å²) < 4.78 is 29.2. The lowest BCUT2D eigenvalue weighted by Crippen LogP contribution is -2.31. The van der Waals surface area contributed by atoms with Crippen molar-refractivity contribution in [2.45, 2.75) is 13.0 Å². The molecule has 1 amide bonds. The van der Waals surface area contributed by atoms with Gasteiger partial charge in [-0.15, -0.1) is 0 Å². The summed E-state index contributed by atoms with van der Waals surface area (Å²) in [6.45, 7) is 0.912. The van der Waals surface area contributed by atoms with Crippen LogP contribution in [0.4, 0.5) is 10.1 Å². The van der Waals surface area contributed by atoms with Gasteiger partial charge in [-0.05, 0) is 49.4 Å². The topological polar surface area (TPSA) is 73.9 Å². The molecular formula is C18H17BrFNO5. The Morgan fingerprint density at radius 2 is 1.88 bits per heavy atom. The van der Waals surface area contributed by atoms with Crippen LogP contribution >= 0.6 is 15.9 Å². The zero-order valence-corrected chi connectivity index (χ0v) is 15.7. The van der Waals surface area contributed by atoms with Crippen molar-refractivity contribution in [2.75, 3.05) is 19.0 Å². The minimum absolute atomic E-state index is 0.0829. The lowest BCUT2D eigenvalue weighted by Gasteiger charge is -2.14. The van der Waals surface area contributed by atoms with Crippen LogP contribution in [0, 0.1) is 5.82 Å². The van der Waals surface area contributed by atoms with Crippen molar-refractivity contribution in [1.82, 2.24) is 0 Å². The second kappa shape index (κ2) is 9.19. The minimum atomic E-state index is -1.04. The highest BCUT2D eigenvalue weighted by Crippen LogP contribution is 2.21. The highest BCUT2D eigenvalue weighted by atomic mass is 79.9. The maximum atomic E-state index is 13.6. The van der Waals surface area contributed by atoms with E-state index in [0.29, 0.717) is 15.9 Å². The fraction of sp³-hybridized carbons (Fsp3) is 0.222. The average molecular weight is 426 g/mol. The van der Waals surface area contributed by atoms with E-state index in [-0.39, 0.29) is 5.75 Å². The summed E-state index contributed by atoms with van der Waals surface area (Å²) in [5.41, 5.74) is 0.534. The smallest absolute Gasteiger partial charge is 0.344 e. The van der Waals surface area contributed by atoms with Gasteiger partial charge >= 0.3 is 5.97 Å². The number of methoxy groups -OCH3 is 1. The fourth-order valence-corrected chi connectivity index (χ4v) is 2.27. The number of halogens is 2. The number of ether oxygens (including phenoxy) is 3. The molecule has 2 aromatic rings. The van der Waals surface area contributed by atoms with Gasteiger partial charge in [0.15, 0.2) is 24.3 Å².